The smallest absolute Gasteiger partial charge is 0.259 e. The second-order valence-corrected chi connectivity index (χ2v) is 4.92. The van der Waals surface area contributed by atoms with Crippen molar-refractivity contribution >= 4 is 23.1 Å². The van der Waals surface area contributed by atoms with Crippen molar-refractivity contribution in [2.45, 2.75) is 0 Å². The molecule has 2 aromatic carbocycles. The van der Waals surface area contributed by atoms with E-state index in [0.29, 0.717) is 28.2 Å². The highest BCUT2D eigenvalue weighted by atomic mass is 16.5. The summed E-state index contributed by atoms with van der Waals surface area (Å²) in [6, 6.07) is 13.1. The van der Waals surface area contributed by atoms with Gasteiger partial charge in [0.05, 0.1) is 25.1 Å². The molecule has 0 saturated carbocycles. The van der Waals surface area contributed by atoms with Crippen LogP contribution in [-0.4, -0.2) is 24.2 Å². The molecule has 0 aliphatic carbocycles. The van der Waals surface area contributed by atoms with Crippen LogP contribution in [0.3, 0.4) is 0 Å². The number of hydrogen-bond donors (Lipinski definition) is 1. The Hall–Kier alpha value is -3.08. The first-order valence-electron chi connectivity index (χ1n) is 7.10. The van der Waals surface area contributed by atoms with Crippen LogP contribution in [0.5, 0.6) is 11.5 Å². The minimum absolute atomic E-state index is 0.219. The van der Waals surface area contributed by atoms with Crippen LogP contribution in [0.25, 0.3) is 23.1 Å². The second kappa shape index (κ2) is 6.36. The maximum absolute atomic E-state index is 12.3. The van der Waals surface area contributed by atoms with Crippen molar-refractivity contribution in [1.29, 1.82) is 0 Å². The van der Waals surface area contributed by atoms with Crippen molar-refractivity contribution in [1.82, 2.24) is 9.97 Å². The fourth-order valence-electron chi connectivity index (χ4n) is 2.30. The van der Waals surface area contributed by atoms with Gasteiger partial charge in [0, 0.05) is 6.07 Å². The zero-order chi connectivity index (χ0) is 16.2. The third-order valence-corrected chi connectivity index (χ3v) is 3.46. The van der Waals surface area contributed by atoms with E-state index >= 15 is 0 Å². The summed E-state index contributed by atoms with van der Waals surface area (Å²) < 4.78 is 10.5. The molecule has 3 aromatic rings. The number of nitrogens with one attached hydrogen (secondary N) is 1. The quantitative estimate of drug-likeness (QED) is 0.804. The molecule has 0 spiro atoms. The van der Waals surface area contributed by atoms with Gasteiger partial charge in [0.1, 0.15) is 5.82 Å². The molecule has 0 amide bonds. The maximum atomic E-state index is 12.3. The normalized spacial score (nSPS) is 11.0. The number of aromatic nitrogens is 2. The standard InChI is InChI=1S/C18H16N2O3/c1-22-15-10-13-14(11-16(15)23-2)19-17(20-18(13)21)9-8-12-6-4-3-5-7-12/h3-11H,1-2H3,(H,19,20,21)/b9-8+. The fourth-order valence-corrected chi connectivity index (χ4v) is 2.30. The van der Waals surface area contributed by atoms with Gasteiger partial charge in [0.15, 0.2) is 11.5 Å². The average Bonchev–Trinajstić information content (AvgIpc) is 2.59. The van der Waals surface area contributed by atoms with Crippen molar-refractivity contribution in [3.05, 3.63) is 64.2 Å². The van der Waals surface area contributed by atoms with Crippen LogP contribution < -0.4 is 15.0 Å². The molecule has 0 unspecified atom stereocenters. The van der Waals surface area contributed by atoms with E-state index in [4.69, 9.17) is 9.47 Å². The van der Waals surface area contributed by atoms with Gasteiger partial charge in [-0.05, 0) is 17.7 Å². The zero-order valence-electron chi connectivity index (χ0n) is 12.9. The maximum Gasteiger partial charge on any atom is 0.259 e. The number of methoxy groups -OCH3 is 2. The monoisotopic (exact) mass is 308 g/mol. The van der Waals surface area contributed by atoms with Crippen molar-refractivity contribution in [2.75, 3.05) is 14.2 Å². The largest absolute Gasteiger partial charge is 0.493 e. The molecule has 0 atom stereocenters. The van der Waals surface area contributed by atoms with Crippen molar-refractivity contribution in [3.8, 4) is 11.5 Å². The van der Waals surface area contributed by atoms with Crippen LogP contribution in [0.15, 0.2) is 47.3 Å². The van der Waals surface area contributed by atoms with E-state index in [1.165, 1.54) is 7.11 Å². The predicted molar refractivity (Wildman–Crippen MR) is 90.8 cm³/mol. The third-order valence-electron chi connectivity index (χ3n) is 3.46. The molecule has 1 heterocycles. The molecule has 5 nitrogen and oxygen atoms in total. The highest BCUT2D eigenvalue weighted by Gasteiger charge is 2.10. The molecule has 23 heavy (non-hydrogen) atoms. The van der Waals surface area contributed by atoms with E-state index in [2.05, 4.69) is 9.97 Å². The molecule has 1 N–H and O–H groups in total. The van der Waals surface area contributed by atoms with Crippen LogP contribution in [0, 0.1) is 0 Å². The van der Waals surface area contributed by atoms with Crippen molar-refractivity contribution in [2.24, 2.45) is 0 Å². The van der Waals surface area contributed by atoms with Crippen molar-refractivity contribution < 1.29 is 9.47 Å². The van der Waals surface area contributed by atoms with Crippen molar-refractivity contribution in [3.63, 3.8) is 0 Å². The number of nitrogens with zero attached hydrogens (tertiary/aromatic N) is 1. The number of aromatic amines is 1. The number of H-pyrrole nitrogens is 1. The molecule has 0 aliphatic rings. The van der Waals surface area contributed by atoms with Gasteiger partial charge in [-0.2, -0.15) is 0 Å². The van der Waals surface area contributed by atoms with Crippen LogP contribution in [0.1, 0.15) is 11.4 Å². The number of ether oxygens (including phenoxy) is 2. The van der Waals surface area contributed by atoms with E-state index < -0.39 is 0 Å². The van der Waals surface area contributed by atoms with Gasteiger partial charge in [0.2, 0.25) is 0 Å². The Bertz CT molecular complexity index is 915. The number of fused-ring (bicyclic) bond motifs is 1. The first-order valence-corrected chi connectivity index (χ1v) is 7.10. The molecule has 0 bridgehead atoms. The van der Waals surface area contributed by atoms with E-state index in [1.54, 1.807) is 25.3 Å². The second-order valence-electron chi connectivity index (χ2n) is 4.92. The van der Waals surface area contributed by atoms with E-state index in [1.807, 2.05) is 36.4 Å². The van der Waals surface area contributed by atoms with Crippen LogP contribution >= 0.6 is 0 Å². The summed E-state index contributed by atoms with van der Waals surface area (Å²) in [4.78, 5) is 19.5. The molecule has 116 valence electrons. The molecule has 0 aliphatic heterocycles. The molecule has 3 rings (SSSR count). The lowest BCUT2D eigenvalue weighted by Gasteiger charge is -2.08. The minimum Gasteiger partial charge on any atom is -0.493 e. The average molecular weight is 308 g/mol. The Morgan fingerprint density at radius 1 is 1.00 bits per heavy atom. The molecule has 0 radical (unpaired) electrons. The molecular weight excluding hydrogens is 292 g/mol. The Morgan fingerprint density at radius 3 is 2.39 bits per heavy atom. The Kier molecular flexibility index (Phi) is 4.10. The minimum atomic E-state index is -0.219. The number of hydrogen-bond acceptors (Lipinski definition) is 4. The predicted octanol–water partition coefficient (Wildman–Crippen LogP) is 3.11. The van der Waals surface area contributed by atoms with Gasteiger partial charge in [-0.15, -0.1) is 0 Å². The van der Waals surface area contributed by atoms with Gasteiger partial charge in [-0.25, -0.2) is 4.98 Å². The highest BCUT2D eigenvalue weighted by molar-refractivity contribution is 5.83. The molecule has 0 saturated heterocycles. The van der Waals surface area contributed by atoms with E-state index in [-0.39, 0.29) is 5.56 Å². The first kappa shape index (κ1) is 14.8. The van der Waals surface area contributed by atoms with Crippen LogP contribution in [-0.2, 0) is 0 Å². The third kappa shape index (κ3) is 3.08. The summed E-state index contributed by atoms with van der Waals surface area (Å²) in [5, 5.41) is 0.458. The highest BCUT2D eigenvalue weighted by Crippen LogP contribution is 2.29. The SMILES string of the molecule is COc1cc2nc(/C=C/c3ccccc3)[nH]c(=O)c2cc1OC. The number of benzene rings is 2. The van der Waals surface area contributed by atoms with Gasteiger partial charge in [-0.3, -0.25) is 4.79 Å². The summed E-state index contributed by atoms with van der Waals surface area (Å²) in [5.74, 6) is 1.52. The molecule has 1 aromatic heterocycles. The molecule has 5 heteroatoms. The lowest BCUT2D eigenvalue weighted by molar-refractivity contribution is 0.355. The summed E-state index contributed by atoms with van der Waals surface area (Å²) in [5.41, 5.74) is 1.37. The van der Waals surface area contributed by atoms with E-state index in [9.17, 15) is 4.79 Å². The van der Waals surface area contributed by atoms with Gasteiger partial charge >= 0.3 is 0 Å². The Balaban J connectivity index is 2.07. The van der Waals surface area contributed by atoms with Gasteiger partial charge in [-0.1, -0.05) is 36.4 Å². The lowest BCUT2D eigenvalue weighted by Crippen LogP contribution is -2.10. The summed E-state index contributed by atoms with van der Waals surface area (Å²) in [7, 11) is 3.08. The Labute approximate surface area is 133 Å². The van der Waals surface area contributed by atoms with E-state index in [0.717, 1.165) is 5.56 Å². The van der Waals surface area contributed by atoms with Crippen LogP contribution in [0.2, 0.25) is 0 Å². The fraction of sp³-hybridized carbons (Fsp3) is 0.111. The van der Waals surface area contributed by atoms with Gasteiger partial charge in [0.25, 0.3) is 5.56 Å². The molecular formula is C18H16N2O3. The summed E-state index contributed by atoms with van der Waals surface area (Å²) in [6.45, 7) is 0. The molecule has 0 fully saturated rings. The zero-order valence-corrected chi connectivity index (χ0v) is 12.9. The van der Waals surface area contributed by atoms with Gasteiger partial charge < -0.3 is 14.5 Å². The first-order chi connectivity index (χ1) is 11.2. The Morgan fingerprint density at radius 2 is 1.70 bits per heavy atom. The number of rotatable bonds is 4. The summed E-state index contributed by atoms with van der Waals surface area (Å²) in [6.07, 6.45) is 3.66. The summed E-state index contributed by atoms with van der Waals surface area (Å²) >= 11 is 0. The lowest BCUT2D eigenvalue weighted by atomic mass is 10.2. The topological polar surface area (TPSA) is 64.2 Å². The van der Waals surface area contributed by atoms with Crippen LogP contribution in [0.4, 0.5) is 0 Å².